The first kappa shape index (κ1) is 12.0. The van der Waals surface area contributed by atoms with Gasteiger partial charge in [0.15, 0.2) is 0 Å². The number of nitrogens with zero attached hydrogens (tertiary/aromatic N) is 2. The van der Waals surface area contributed by atoms with Crippen molar-refractivity contribution in [3.63, 3.8) is 0 Å². The van der Waals surface area contributed by atoms with Crippen molar-refractivity contribution in [3.05, 3.63) is 29.8 Å². The lowest BCUT2D eigenvalue weighted by molar-refractivity contribution is 0.0695. The number of halogens is 1. The molecule has 1 amide bonds. The molecule has 1 saturated carbocycles. The minimum Gasteiger partial charge on any atom is -0.336 e. The van der Waals surface area contributed by atoms with Crippen LogP contribution < -0.4 is 0 Å². The molecule has 0 bridgehead atoms. The molecule has 1 aromatic rings. The van der Waals surface area contributed by atoms with Crippen molar-refractivity contribution in [1.29, 1.82) is 0 Å². The van der Waals surface area contributed by atoms with Crippen molar-refractivity contribution in [2.24, 2.45) is 5.92 Å². The van der Waals surface area contributed by atoms with Gasteiger partial charge in [0.2, 0.25) is 5.95 Å². The van der Waals surface area contributed by atoms with E-state index in [1.54, 1.807) is 0 Å². The van der Waals surface area contributed by atoms with Gasteiger partial charge in [-0.05, 0) is 44.7 Å². The first-order valence-corrected chi connectivity index (χ1v) is 6.00. The second-order valence-corrected chi connectivity index (χ2v) is 4.86. The Morgan fingerprint density at radius 2 is 2.24 bits per heavy atom. The lowest BCUT2D eigenvalue weighted by atomic mass is 10.2. The molecule has 0 saturated heterocycles. The van der Waals surface area contributed by atoms with Gasteiger partial charge in [-0.1, -0.05) is 0 Å². The zero-order chi connectivity index (χ0) is 12.4. The molecule has 2 rings (SSSR count). The quantitative estimate of drug-likeness (QED) is 0.752. The normalized spacial score (nSPS) is 15.1. The van der Waals surface area contributed by atoms with Gasteiger partial charge in [0.1, 0.15) is 0 Å². The van der Waals surface area contributed by atoms with Crippen molar-refractivity contribution in [3.8, 4) is 0 Å². The Hall–Kier alpha value is -1.45. The van der Waals surface area contributed by atoms with Crippen molar-refractivity contribution in [1.82, 2.24) is 9.88 Å². The number of pyridine rings is 1. The summed E-state index contributed by atoms with van der Waals surface area (Å²) in [6.07, 6.45) is 3.72. The van der Waals surface area contributed by atoms with Gasteiger partial charge in [-0.15, -0.1) is 0 Å². The van der Waals surface area contributed by atoms with E-state index in [0.29, 0.717) is 11.5 Å². The van der Waals surface area contributed by atoms with Crippen LogP contribution in [-0.2, 0) is 0 Å². The number of amides is 1. The molecule has 1 heterocycles. The number of rotatable bonds is 4. The van der Waals surface area contributed by atoms with E-state index in [9.17, 15) is 9.18 Å². The monoisotopic (exact) mass is 236 g/mol. The summed E-state index contributed by atoms with van der Waals surface area (Å²) >= 11 is 0. The molecule has 0 aromatic carbocycles. The minimum atomic E-state index is -0.556. The molecular formula is C13H17FN2O. The third kappa shape index (κ3) is 3.02. The van der Waals surface area contributed by atoms with Crippen LogP contribution in [0.1, 0.15) is 37.0 Å². The number of carbonyl (C=O) groups is 1. The molecule has 0 N–H and O–H groups in total. The maximum absolute atomic E-state index is 12.7. The highest BCUT2D eigenvalue weighted by Gasteiger charge is 2.28. The lowest BCUT2D eigenvalue weighted by Crippen LogP contribution is -2.38. The average molecular weight is 236 g/mol. The summed E-state index contributed by atoms with van der Waals surface area (Å²) in [4.78, 5) is 17.6. The Bertz CT molecular complexity index is 398. The van der Waals surface area contributed by atoms with Crippen LogP contribution in [0.2, 0.25) is 0 Å². The van der Waals surface area contributed by atoms with E-state index in [1.807, 2.05) is 18.7 Å². The highest BCUT2D eigenvalue weighted by Crippen LogP contribution is 2.30. The fourth-order valence-electron chi connectivity index (χ4n) is 1.77. The van der Waals surface area contributed by atoms with Crippen molar-refractivity contribution in [2.75, 3.05) is 6.54 Å². The van der Waals surface area contributed by atoms with Crippen LogP contribution in [0.15, 0.2) is 18.3 Å². The van der Waals surface area contributed by atoms with Crippen LogP contribution in [0.4, 0.5) is 4.39 Å². The largest absolute Gasteiger partial charge is 0.336 e. The highest BCUT2D eigenvalue weighted by atomic mass is 19.1. The van der Waals surface area contributed by atoms with Gasteiger partial charge in [0.25, 0.3) is 5.91 Å². The third-order valence-corrected chi connectivity index (χ3v) is 3.01. The maximum Gasteiger partial charge on any atom is 0.255 e. The second-order valence-electron chi connectivity index (χ2n) is 4.86. The average Bonchev–Trinajstić information content (AvgIpc) is 3.09. The van der Waals surface area contributed by atoms with Gasteiger partial charge in [-0.3, -0.25) is 4.79 Å². The summed E-state index contributed by atoms with van der Waals surface area (Å²) in [6.45, 7) is 4.79. The van der Waals surface area contributed by atoms with Crippen LogP contribution in [0, 0.1) is 11.9 Å². The van der Waals surface area contributed by atoms with Crippen molar-refractivity contribution < 1.29 is 9.18 Å². The van der Waals surface area contributed by atoms with E-state index in [1.165, 1.54) is 31.2 Å². The first-order valence-electron chi connectivity index (χ1n) is 6.00. The van der Waals surface area contributed by atoms with E-state index in [-0.39, 0.29) is 11.9 Å². The number of carbonyl (C=O) groups excluding carboxylic acids is 1. The Morgan fingerprint density at radius 1 is 1.53 bits per heavy atom. The van der Waals surface area contributed by atoms with Crippen LogP contribution in [0.3, 0.4) is 0 Å². The van der Waals surface area contributed by atoms with Crippen molar-refractivity contribution >= 4 is 5.91 Å². The molecule has 0 spiro atoms. The molecule has 1 aromatic heterocycles. The van der Waals surface area contributed by atoms with Crippen LogP contribution >= 0.6 is 0 Å². The number of hydrogen-bond donors (Lipinski definition) is 0. The molecule has 92 valence electrons. The summed E-state index contributed by atoms with van der Waals surface area (Å²) in [5.74, 6) is 0.0361. The SMILES string of the molecule is CC(C)N(CC1CC1)C(=O)c1ccc(F)nc1. The smallest absolute Gasteiger partial charge is 0.255 e. The van der Waals surface area contributed by atoms with Gasteiger partial charge in [0, 0.05) is 18.8 Å². The molecule has 1 fully saturated rings. The summed E-state index contributed by atoms with van der Waals surface area (Å²) in [7, 11) is 0. The minimum absolute atomic E-state index is 0.0561. The van der Waals surface area contributed by atoms with E-state index in [2.05, 4.69) is 4.98 Å². The molecule has 0 aliphatic heterocycles. The van der Waals surface area contributed by atoms with E-state index in [0.717, 1.165) is 6.54 Å². The first-order chi connectivity index (χ1) is 8.08. The number of aromatic nitrogens is 1. The Morgan fingerprint density at radius 3 is 2.71 bits per heavy atom. The molecule has 0 atom stereocenters. The van der Waals surface area contributed by atoms with E-state index < -0.39 is 5.95 Å². The molecule has 17 heavy (non-hydrogen) atoms. The van der Waals surface area contributed by atoms with Gasteiger partial charge >= 0.3 is 0 Å². The zero-order valence-electron chi connectivity index (χ0n) is 10.2. The second kappa shape index (κ2) is 4.82. The predicted octanol–water partition coefficient (Wildman–Crippen LogP) is 2.48. The van der Waals surface area contributed by atoms with E-state index in [4.69, 9.17) is 0 Å². The highest BCUT2D eigenvalue weighted by molar-refractivity contribution is 5.94. The van der Waals surface area contributed by atoms with Crippen molar-refractivity contribution in [2.45, 2.75) is 32.7 Å². The molecule has 0 unspecified atom stereocenters. The lowest BCUT2D eigenvalue weighted by Gasteiger charge is -2.26. The molecule has 3 nitrogen and oxygen atoms in total. The maximum atomic E-state index is 12.7. The molecule has 0 radical (unpaired) electrons. The van der Waals surface area contributed by atoms with E-state index >= 15 is 0 Å². The Kier molecular flexibility index (Phi) is 3.41. The Labute approximate surface area is 101 Å². The predicted molar refractivity (Wildman–Crippen MR) is 63.1 cm³/mol. The molecular weight excluding hydrogens is 219 g/mol. The summed E-state index contributed by atoms with van der Waals surface area (Å²) in [5, 5.41) is 0. The molecule has 1 aliphatic rings. The zero-order valence-corrected chi connectivity index (χ0v) is 10.2. The standard InChI is InChI=1S/C13H17FN2O/c1-9(2)16(8-10-3-4-10)13(17)11-5-6-12(14)15-7-11/h5-7,9-10H,3-4,8H2,1-2H3. The summed E-state index contributed by atoms with van der Waals surface area (Å²) in [6, 6.07) is 2.88. The van der Waals surface area contributed by atoms with Gasteiger partial charge in [-0.2, -0.15) is 4.39 Å². The van der Waals surface area contributed by atoms with Crippen LogP contribution in [0.25, 0.3) is 0 Å². The third-order valence-electron chi connectivity index (χ3n) is 3.01. The van der Waals surface area contributed by atoms with Gasteiger partial charge < -0.3 is 4.90 Å². The fourth-order valence-corrected chi connectivity index (χ4v) is 1.77. The summed E-state index contributed by atoms with van der Waals surface area (Å²) < 4.78 is 12.7. The molecule has 4 heteroatoms. The summed E-state index contributed by atoms with van der Waals surface area (Å²) in [5.41, 5.74) is 0.459. The van der Waals surface area contributed by atoms with Gasteiger partial charge in [-0.25, -0.2) is 4.98 Å². The van der Waals surface area contributed by atoms with Crippen LogP contribution in [-0.4, -0.2) is 28.4 Å². The Balaban J connectivity index is 2.11. The molecule has 1 aliphatic carbocycles. The topological polar surface area (TPSA) is 33.2 Å². The van der Waals surface area contributed by atoms with Crippen LogP contribution in [0.5, 0.6) is 0 Å². The van der Waals surface area contributed by atoms with Gasteiger partial charge in [0.05, 0.1) is 5.56 Å². The number of hydrogen-bond acceptors (Lipinski definition) is 2. The fraction of sp³-hybridized carbons (Fsp3) is 0.538.